The Bertz CT molecular complexity index is 1270. The predicted molar refractivity (Wildman–Crippen MR) is 136 cm³/mol. The molecular formula is C26H31N3O4S. The number of aryl methyl sites for hydroxylation is 2. The summed E-state index contributed by atoms with van der Waals surface area (Å²) in [4.78, 5) is 43.4. The van der Waals surface area contributed by atoms with E-state index in [0.717, 1.165) is 11.1 Å². The van der Waals surface area contributed by atoms with Gasteiger partial charge in [0.15, 0.2) is 10.9 Å². The Balaban J connectivity index is 1.95. The molecule has 0 atom stereocenters. The zero-order valence-electron chi connectivity index (χ0n) is 20.3. The Morgan fingerprint density at radius 2 is 1.91 bits per heavy atom. The van der Waals surface area contributed by atoms with Crippen LogP contribution >= 0.6 is 11.8 Å². The SMILES string of the molecule is COCCNC(=O)c1ccc2c(=O)n(CC(C)C)c(SCC(=O)c3cc(C)ccc3C)nc2c1. The zero-order valence-corrected chi connectivity index (χ0v) is 21.1. The molecule has 2 aromatic carbocycles. The number of ketones is 1. The van der Waals surface area contributed by atoms with Crippen LogP contribution in [0.1, 0.15) is 45.7 Å². The van der Waals surface area contributed by atoms with Gasteiger partial charge in [0.1, 0.15) is 0 Å². The van der Waals surface area contributed by atoms with Gasteiger partial charge in [0.25, 0.3) is 11.5 Å². The first-order chi connectivity index (χ1) is 16.2. The van der Waals surface area contributed by atoms with Crippen molar-refractivity contribution >= 4 is 34.4 Å². The molecule has 0 aliphatic rings. The van der Waals surface area contributed by atoms with Gasteiger partial charge in [0, 0.05) is 31.3 Å². The van der Waals surface area contributed by atoms with Crippen LogP contribution in [0.2, 0.25) is 0 Å². The van der Waals surface area contributed by atoms with Crippen LogP contribution in [0.15, 0.2) is 46.3 Å². The van der Waals surface area contributed by atoms with Crippen molar-refractivity contribution in [3.63, 3.8) is 0 Å². The van der Waals surface area contributed by atoms with Crippen molar-refractivity contribution in [1.29, 1.82) is 0 Å². The third-order valence-electron chi connectivity index (χ3n) is 5.35. The third-order valence-corrected chi connectivity index (χ3v) is 6.32. The summed E-state index contributed by atoms with van der Waals surface area (Å²) in [6, 6.07) is 10.7. The Morgan fingerprint density at radius 1 is 1.15 bits per heavy atom. The first kappa shape index (κ1) is 25.6. The highest BCUT2D eigenvalue weighted by molar-refractivity contribution is 7.99. The lowest BCUT2D eigenvalue weighted by atomic mass is 10.0. The molecule has 0 saturated heterocycles. The number of aromatic nitrogens is 2. The lowest BCUT2D eigenvalue weighted by molar-refractivity contribution is 0.0936. The fourth-order valence-corrected chi connectivity index (χ4v) is 4.48. The number of nitrogens with zero attached hydrogens (tertiary/aromatic N) is 2. The number of thioether (sulfide) groups is 1. The first-order valence-corrected chi connectivity index (χ1v) is 12.2. The molecule has 3 aromatic rings. The van der Waals surface area contributed by atoms with E-state index >= 15 is 0 Å². The fourth-order valence-electron chi connectivity index (χ4n) is 3.59. The molecular weight excluding hydrogens is 450 g/mol. The molecule has 0 bridgehead atoms. The molecule has 8 heteroatoms. The molecule has 180 valence electrons. The molecule has 0 aliphatic carbocycles. The largest absolute Gasteiger partial charge is 0.383 e. The summed E-state index contributed by atoms with van der Waals surface area (Å²) in [6.45, 7) is 9.21. The monoisotopic (exact) mass is 481 g/mol. The molecule has 1 amide bonds. The van der Waals surface area contributed by atoms with Crippen LogP contribution in [-0.4, -0.2) is 47.3 Å². The van der Waals surface area contributed by atoms with Gasteiger partial charge in [-0.25, -0.2) is 4.98 Å². The van der Waals surface area contributed by atoms with Crippen molar-refractivity contribution < 1.29 is 14.3 Å². The van der Waals surface area contributed by atoms with E-state index in [1.54, 1.807) is 29.9 Å². The van der Waals surface area contributed by atoms with Crippen LogP contribution in [0.3, 0.4) is 0 Å². The maximum absolute atomic E-state index is 13.3. The topological polar surface area (TPSA) is 90.3 Å². The van der Waals surface area contributed by atoms with Crippen LogP contribution in [-0.2, 0) is 11.3 Å². The number of carbonyl (C=O) groups excluding carboxylic acids is 2. The van der Waals surface area contributed by atoms with Crippen molar-refractivity contribution in [1.82, 2.24) is 14.9 Å². The van der Waals surface area contributed by atoms with Crippen molar-refractivity contribution in [3.05, 3.63) is 69.0 Å². The minimum absolute atomic E-state index is 0.0112. The summed E-state index contributed by atoms with van der Waals surface area (Å²) in [7, 11) is 1.57. The average molecular weight is 482 g/mol. The molecule has 3 rings (SSSR count). The molecule has 1 aromatic heterocycles. The van der Waals surface area contributed by atoms with Gasteiger partial charge in [-0.05, 0) is 49.6 Å². The molecule has 0 spiro atoms. The number of nitrogens with one attached hydrogen (secondary N) is 1. The quantitative estimate of drug-likeness (QED) is 0.204. The molecule has 0 aliphatic heterocycles. The van der Waals surface area contributed by atoms with Gasteiger partial charge in [-0.3, -0.25) is 19.0 Å². The fraction of sp³-hybridized carbons (Fsp3) is 0.385. The van der Waals surface area contributed by atoms with Gasteiger partial charge in [-0.15, -0.1) is 0 Å². The minimum Gasteiger partial charge on any atom is -0.383 e. The van der Waals surface area contributed by atoms with Crippen molar-refractivity contribution in [2.75, 3.05) is 26.0 Å². The molecule has 34 heavy (non-hydrogen) atoms. The van der Waals surface area contributed by atoms with E-state index in [1.807, 2.05) is 45.9 Å². The van der Waals surface area contributed by atoms with Gasteiger partial charge in [-0.1, -0.05) is 43.3 Å². The van der Waals surface area contributed by atoms with Crippen molar-refractivity contribution in [2.24, 2.45) is 5.92 Å². The van der Waals surface area contributed by atoms with Crippen molar-refractivity contribution in [2.45, 2.75) is 39.4 Å². The van der Waals surface area contributed by atoms with Crippen LogP contribution in [0.5, 0.6) is 0 Å². The third kappa shape index (κ3) is 6.12. The minimum atomic E-state index is -0.258. The lowest BCUT2D eigenvalue weighted by Gasteiger charge is -2.15. The predicted octanol–water partition coefficient (Wildman–Crippen LogP) is 4.02. The second-order valence-corrected chi connectivity index (χ2v) is 9.66. The Hall–Kier alpha value is -2.97. The highest BCUT2D eigenvalue weighted by Gasteiger charge is 2.17. The molecule has 0 saturated carbocycles. The van der Waals surface area contributed by atoms with E-state index in [1.165, 1.54) is 11.8 Å². The Labute approximate surface area is 203 Å². The molecule has 7 nitrogen and oxygen atoms in total. The number of hydrogen-bond donors (Lipinski definition) is 1. The summed E-state index contributed by atoms with van der Waals surface area (Å²) in [5.74, 6) is 0.114. The van der Waals surface area contributed by atoms with Gasteiger partial charge >= 0.3 is 0 Å². The number of hydrogen-bond acceptors (Lipinski definition) is 6. The molecule has 0 unspecified atom stereocenters. The summed E-state index contributed by atoms with van der Waals surface area (Å²) in [6.07, 6.45) is 0. The summed E-state index contributed by atoms with van der Waals surface area (Å²) in [5, 5.41) is 3.69. The number of Topliss-reactive ketones (excluding diaryl/α,β-unsaturated/α-hetero) is 1. The normalized spacial score (nSPS) is 11.2. The van der Waals surface area contributed by atoms with Gasteiger partial charge in [0.2, 0.25) is 0 Å². The number of methoxy groups -OCH3 is 1. The van der Waals surface area contributed by atoms with Crippen LogP contribution in [0.4, 0.5) is 0 Å². The van der Waals surface area contributed by atoms with Crippen LogP contribution in [0, 0.1) is 19.8 Å². The summed E-state index contributed by atoms with van der Waals surface area (Å²) < 4.78 is 6.60. The van der Waals surface area contributed by atoms with E-state index in [9.17, 15) is 14.4 Å². The molecule has 1 N–H and O–H groups in total. The number of fused-ring (bicyclic) bond motifs is 1. The molecule has 0 radical (unpaired) electrons. The molecule has 1 heterocycles. The smallest absolute Gasteiger partial charge is 0.262 e. The van der Waals surface area contributed by atoms with Gasteiger partial charge < -0.3 is 10.1 Å². The number of ether oxygens (including phenoxy) is 1. The van der Waals surface area contributed by atoms with E-state index in [2.05, 4.69) is 5.32 Å². The Kier molecular flexibility index (Phi) is 8.63. The number of carbonyl (C=O) groups is 2. The molecule has 0 fully saturated rings. The second-order valence-electron chi connectivity index (χ2n) is 8.71. The van der Waals surface area contributed by atoms with E-state index in [0.29, 0.717) is 46.9 Å². The van der Waals surface area contributed by atoms with Crippen LogP contribution in [0.25, 0.3) is 10.9 Å². The van der Waals surface area contributed by atoms with E-state index in [-0.39, 0.29) is 28.9 Å². The van der Waals surface area contributed by atoms with Crippen molar-refractivity contribution in [3.8, 4) is 0 Å². The average Bonchev–Trinajstić information content (AvgIpc) is 2.80. The van der Waals surface area contributed by atoms with E-state index < -0.39 is 0 Å². The standard InChI is InChI=1S/C26H31N3O4S/c1-16(2)14-29-25(32)20-9-8-19(24(31)27-10-11-33-5)13-22(20)28-26(29)34-15-23(30)21-12-17(3)6-7-18(21)4/h6-9,12-13,16H,10-11,14-15H2,1-5H3,(H,27,31). The van der Waals surface area contributed by atoms with Gasteiger partial charge in [0.05, 0.1) is 23.3 Å². The van der Waals surface area contributed by atoms with Gasteiger partial charge in [-0.2, -0.15) is 0 Å². The second kappa shape index (κ2) is 11.4. The number of rotatable bonds is 10. The first-order valence-electron chi connectivity index (χ1n) is 11.3. The zero-order chi connectivity index (χ0) is 24.8. The maximum atomic E-state index is 13.3. The number of benzene rings is 2. The highest BCUT2D eigenvalue weighted by atomic mass is 32.2. The van der Waals surface area contributed by atoms with Crippen LogP contribution < -0.4 is 10.9 Å². The number of amides is 1. The Morgan fingerprint density at radius 3 is 2.62 bits per heavy atom. The summed E-state index contributed by atoms with van der Waals surface area (Å²) >= 11 is 1.25. The van der Waals surface area contributed by atoms with E-state index in [4.69, 9.17) is 9.72 Å². The lowest BCUT2D eigenvalue weighted by Crippen LogP contribution is -2.28. The maximum Gasteiger partial charge on any atom is 0.262 e. The summed E-state index contributed by atoms with van der Waals surface area (Å²) in [5.41, 5.74) is 3.31. The highest BCUT2D eigenvalue weighted by Crippen LogP contribution is 2.22.